The fourth-order valence-electron chi connectivity index (χ4n) is 3.90. The van der Waals surface area contributed by atoms with E-state index in [1.807, 2.05) is 18.2 Å². The summed E-state index contributed by atoms with van der Waals surface area (Å²) in [5.41, 5.74) is 2.31. The van der Waals surface area contributed by atoms with Crippen molar-refractivity contribution in [2.75, 3.05) is 64.6 Å². The highest BCUT2D eigenvalue weighted by Crippen LogP contribution is 2.30. The molecule has 2 aliphatic rings. The summed E-state index contributed by atoms with van der Waals surface area (Å²) in [6.07, 6.45) is 7.58. The summed E-state index contributed by atoms with van der Waals surface area (Å²) < 4.78 is 16.8. The Balaban J connectivity index is 1.28. The van der Waals surface area contributed by atoms with Gasteiger partial charge in [-0.15, -0.1) is 0 Å². The second kappa shape index (κ2) is 10.6. The van der Waals surface area contributed by atoms with Gasteiger partial charge in [0.1, 0.15) is 30.0 Å². The number of rotatable bonds is 8. The van der Waals surface area contributed by atoms with Gasteiger partial charge in [-0.1, -0.05) is 6.08 Å². The lowest BCUT2D eigenvalue weighted by Crippen LogP contribution is -2.49. The minimum absolute atomic E-state index is 0.235. The summed E-state index contributed by atoms with van der Waals surface area (Å²) in [4.78, 5) is 13.0. The van der Waals surface area contributed by atoms with Crippen LogP contribution < -0.4 is 14.4 Å². The van der Waals surface area contributed by atoms with Crippen molar-refractivity contribution in [1.82, 2.24) is 14.9 Å². The minimum Gasteiger partial charge on any atom is -0.497 e. The van der Waals surface area contributed by atoms with Crippen molar-refractivity contribution in [2.45, 2.75) is 12.5 Å². The lowest BCUT2D eigenvalue weighted by atomic mass is 10.0. The molecule has 3 heterocycles. The van der Waals surface area contributed by atoms with Crippen LogP contribution in [0.5, 0.6) is 11.5 Å². The Kier molecular flexibility index (Phi) is 7.35. The van der Waals surface area contributed by atoms with Crippen LogP contribution in [-0.4, -0.2) is 85.7 Å². The number of hydrogen-bond acceptors (Lipinski definition) is 8. The molecule has 1 saturated heterocycles. The third-order valence-corrected chi connectivity index (χ3v) is 5.61. The summed E-state index contributed by atoms with van der Waals surface area (Å²) in [6.45, 7) is 5.63. The number of ether oxygens (including phenoxy) is 3. The van der Waals surface area contributed by atoms with Gasteiger partial charge in [-0.05, 0) is 29.7 Å². The molecule has 1 N–H and O–H groups in total. The summed E-state index contributed by atoms with van der Waals surface area (Å²) in [5, 5.41) is 10.5. The maximum atomic E-state index is 10.5. The normalized spacial score (nSPS) is 18.4. The molecule has 0 spiro atoms. The SMILES string of the molecule is COc1cc(OCC(O)CN2CCN(c3cnccn3)CC2)cc(C2=CCOCC2)c1. The monoisotopic (exact) mass is 426 g/mol. The average Bonchev–Trinajstić information content (AvgIpc) is 2.84. The van der Waals surface area contributed by atoms with Crippen molar-refractivity contribution in [3.63, 3.8) is 0 Å². The zero-order chi connectivity index (χ0) is 21.5. The Labute approximate surface area is 183 Å². The van der Waals surface area contributed by atoms with E-state index in [-0.39, 0.29) is 6.61 Å². The molecule has 4 rings (SSSR count). The maximum Gasteiger partial charge on any atom is 0.147 e. The van der Waals surface area contributed by atoms with Crippen molar-refractivity contribution < 1.29 is 19.3 Å². The van der Waals surface area contributed by atoms with Crippen LogP contribution in [0.15, 0.2) is 42.9 Å². The first-order chi connectivity index (χ1) is 15.2. The van der Waals surface area contributed by atoms with E-state index in [4.69, 9.17) is 14.2 Å². The lowest BCUT2D eigenvalue weighted by molar-refractivity contribution is 0.0661. The number of benzene rings is 1. The molecule has 0 bridgehead atoms. The van der Waals surface area contributed by atoms with E-state index < -0.39 is 6.10 Å². The topological polar surface area (TPSA) is 80.2 Å². The first-order valence-electron chi connectivity index (χ1n) is 10.7. The molecule has 1 atom stereocenters. The van der Waals surface area contributed by atoms with Crippen LogP contribution in [0.25, 0.3) is 5.57 Å². The van der Waals surface area contributed by atoms with Crippen LogP contribution in [0.3, 0.4) is 0 Å². The van der Waals surface area contributed by atoms with Gasteiger partial charge >= 0.3 is 0 Å². The molecular formula is C23H30N4O4. The fraction of sp³-hybridized carbons (Fsp3) is 0.478. The van der Waals surface area contributed by atoms with Gasteiger partial charge in [-0.2, -0.15) is 0 Å². The standard InChI is InChI=1S/C23H30N4O4/c1-29-21-12-19(18-2-10-30-11-3-18)13-22(14-21)31-17-20(28)16-26-6-8-27(9-7-26)23-15-24-4-5-25-23/h2,4-5,12-15,20,28H,3,6-11,16-17H2,1H3. The molecule has 31 heavy (non-hydrogen) atoms. The van der Waals surface area contributed by atoms with Gasteiger partial charge in [-0.25, -0.2) is 4.98 Å². The maximum absolute atomic E-state index is 10.5. The predicted octanol–water partition coefficient (Wildman–Crippen LogP) is 1.85. The molecule has 166 valence electrons. The van der Waals surface area contributed by atoms with E-state index in [9.17, 15) is 5.11 Å². The fourth-order valence-corrected chi connectivity index (χ4v) is 3.90. The lowest BCUT2D eigenvalue weighted by Gasteiger charge is -2.36. The van der Waals surface area contributed by atoms with Gasteiger partial charge in [0.25, 0.3) is 0 Å². The van der Waals surface area contributed by atoms with E-state index in [1.54, 1.807) is 25.7 Å². The number of piperazine rings is 1. The van der Waals surface area contributed by atoms with E-state index >= 15 is 0 Å². The van der Waals surface area contributed by atoms with Gasteiger partial charge in [0.2, 0.25) is 0 Å². The van der Waals surface area contributed by atoms with Gasteiger partial charge in [0.15, 0.2) is 0 Å². The van der Waals surface area contributed by atoms with Gasteiger partial charge in [0.05, 0.1) is 26.5 Å². The molecule has 8 heteroatoms. The van der Waals surface area contributed by atoms with Gasteiger partial charge in [-0.3, -0.25) is 9.88 Å². The summed E-state index contributed by atoms with van der Waals surface area (Å²) in [7, 11) is 1.65. The van der Waals surface area contributed by atoms with E-state index in [2.05, 4.69) is 25.8 Å². The van der Waals surface area contributed by atoms with Crippen molar-refractivity contribution in [3.8, 4) is 11.5 Å². The van der Waals surface area contributed by atoms with Crippen molar-refractivity contribution in [2.24, 2.45) is 0 Å². The highest BCUT2D eigenvalue weighted by molar-refractivity contribution is 5.68. The quantitative estimate of drug-likeness (QED) is 0.685. The first kappa shape index (κ1) is 21.5. The zero-order valence-corrected chi connectivity index (χ0v) is 17.9. The van der Waals surface area contributed by atoms with E-state index in [0.717, 1.165) is 56.3 Å². The smallest absolute Gasteiger partial charge is 0.147 e. The third kappa shape index (κ3) is 5.94. The number of hydrogen-bond donors (Lipinski definition) is 1. The molecule has 1 aromatic heterocycles. The summed E-state index contributed by atoms with van der Waals surface area (Å²) in [6, 6.07) is 5.87. The molecule has 2 aromatic rings. The van der Waals surface area contributed by atoms with Crippen LogP contribution in [0.1, 0.15) is 12.0 Å². The molecule has 2 aliphatic heterocycles. The highest BCUT2D eigenvalue weighted by atomic mass is 16.5. The van der Waals surface area contributed by atoms with E-state index in [0.29, 0.717) is 18.9 Å². The number of methoxy groups -OCH3 is 1. The molecule has 8 nitrogen and oxygen atoms in total. The predicted molar refractivity (Wildman–Crippen MR) is 119 cm³/mol. The first-order valence-corrected chi connectivity index (χ1v) is 10.7. The molecule has 0 amide bonds. The Bertz CT molecular complexity index is 869. The molecule has 1 fully saturated rings. The third-order valence-electron chi connectivity index (χ3n) is 5.61. The largest absolute Gasteiger partial charge is 0.497 e. The second-order valence-electron chi connectivity index (χ2n) is 7.77. The number of β-amino-alcohol motifs (C(OH)–C–C–N with tert-alkyl or cyclic N) is 1. The van der Waals surface area contributed by atoms with E-state index in [1.165, 1.54) is 5.57 Å². The van der Waals surface area contributed by atoms with Crippen molar-refractivity contribution >= 4 is 11.4 Å². The highest BCUT2D eigenvalue weighted by Gasteiger charge is 2.20. The summed E-state index contributed by atoms with van der Waals surface area (Å²) in [5.74, 6) is 2.35. The zero-order valence-electron chi connectivity index (χ0n) is 17.9. The number of aliphatic hydroxyl groups is 1. The summed E-state index contributed by atoms with van der Waals surface area (Å²) >= 11 is 0. The Morgan fingerprint density at radius 2 is 1.97 bits per heavy atom. The van der Waals surface area contributed by atoms with Crippen molar-refractivity contribution in [1.29, 1.82) is 0 Å². The van der Waals surface area contributed by atoms with Gasteiger partial charge in [0, 0.05) is 51.2 Å². The van der Waals surface area contributed by atoms with Crippen LogP contribution in [0.4, 0.5) is 5.82 Å². The molecule has 0 aliphatic carbocycles. The molecule has 0 saturated carbocycles. The minimum atomic E-state index is -0.569. The number of aromatic nitrogens is 2. The Morgan fingerprint density at radius 3 is 2.68 bits per heavy atom. The second-order valence-corrected chi connectivity index (χ2v) is 7.77. The van der Waals surface area contributed by atoms with Crippen LogP contribution >= 0.6 is 0 Å². The van der Waals surface area contributed by atoms with Crippen LogP contribution in [0, 0.1) is 0 Å². The van der Waals surface area contributed by atoms with Crippen LogP contribution in [0.2, 0.25) is 0 Å². The number of anilines is 1. The van der Waals surface area contributed by atoms with Crippen molar-refractivity contribution in [3.05, 3.63) is 48.4 Å². The molecule has 1 aromatic carbocycles. The molecule has 1 unspecified atom stereocenters. The molecular weight excluding hydrogens is 396 g/mol. The van der Waals surface area contributed by atoms with Gasteiger partial charge < -0.3 is 24.2 Å². The Morgan fingerprint density at radius 1 is 1.13 bits per heavy atom. The van der Waals surface area contributed by atoms with Crippen LogP contribution in [-0.2, 0) is 4.74 Å². The number of nitrogens with zero attached hydrogens (tertiary/aromatic N) is 4. The average molecular weight is 427 g/mol. The number of aliphatic hydroxyl groups excluding tert-OH is 1. The molecule has 0 radical (unpaired) electrons. The Hall–Kier alpha value is -2.68.